The van der Waals surface area contributed by atoms with Crippen LogP contribution < -0.4 is 5.32 Å². The number of carboxylic acids is 1. The second-order valence-electron chi connectivity index (χ2n) is 7.35. The molecule has 2 saturated heterocycles. The van der Waals surface area contributed by atoms with Crippen LogP contribution in [0.15, 0.2) is 53.4 Å². The summed E-state index contributed by atoms with van der Waals surface area (Å²) in [6.45, 7) is 0.0252. The standard InChI is InChI=1S/C21H18Cl2N2O4S2/c22-13-6-7-14(23)15(9-13)31-21(20(28)29)10-25-18(27)17(19(25)30-11-21)24-16(26)8-12-4-2-1-3-5-12/h1-7,9,17,19H,8,10-11H2,(H,24,26)(H,28,29)/t17?,19-,21?/m1/s1. The predicted molar refractivity (Wildman–Crippen MR) is 123 cm³/mol. The molecule has 2 unspecified atom stereocenters. The maximum atomic E-state index is 12.7. The van der Waals surface area contributed by atoms with Gasteiger partial charge in [0, 0.05) is 22.2 Å². The molecular weight excluding hydrogens is 479 g/mol. The van der Waals surface area contributed by atoms with Gasteiger partial charge >= 0.3 is 5.97 Å². The minimum Gasteiger partial charge on any atom is -0.480 e. The second kappa shape index (κ2) is 8.94. The van der Waals surface area contributed by atoms with Crippen LogP contribution in [0.1, 0.15) is 5.56 Å². The van der Waals surface area contributed by atoms with Crippen molar-refractivity contribution in [3.05, 3.63) is 64.1 Å². The molecule has 2 N–H and O–H groups in total. The summed E-state index contributed by atoms with van der Waals surface area (Å²) in [7, 11) is 0. The lowest BCUT2D eigenvalue weighted by atomic mass is 10.0. The average Bonchev–Trinajstić information content (AvgIpc) is 2.75. The van der Waals surface area contributed by atoms with E-state index in [1.54, 1.807) is 18.2 Å². The highest BCUT2D eigenvalue weighted by Crippen LogP contribution is 2.48. The number of thioether (sulfide) groups is 2. The Morgan fingerprint density at radius 2 is 1.97 bits per heavy atom. The van der Waals surface area contributed by atoms with Crippen molar-refractivity contribution in [1.29, 1.82) is 0 Å². The number of nitrogens with one attached hydrogen (secondary N) is 1. The zero-order valence-corrected chi connectivity index (χ0v) is 19.2. The Kier molecular flexibility index (Phi) is 6.44. The Labute approximate surface area is 197 Å². The van der Waals surface area contributed by atoms with Crippen molar-refractivity contribution in [2.45, 2.75) is 27.5 Å². The van der Waals surface area contributed by atoms with E-state index in [1.165, 1.54) is 16.7 Å². The van der Waals surface area contributed by atoms with E-state index >= 15 is 0 Å². The van der Waals surface area contributed by atoms with Gasteiger partial charge in [0.15, 0.2) is 0 Å². The van der Waals surface area contributed by atoms with Gasteiger partial charge in [-0.25, -0.2) is 0 Å². The number of carbonyl (C=O) groups excluding carboxylic acids is 2. The Balaban J connectivity index is 1.44. The first kappa shape index (κ1) is 22.3. The lowest BCUT2D eigenvalue weighted by Gasteiger charge is -2.53. The van der Waals surface area contributed by atoms with Gasteiger partial charge < -0.3 is 15.3 Å². The first-order valence-corrected chi connectivity index (χ1v) is 12.0. The smallest absolute Gasteiger partial charge is 0.322 e. The molecule has 0 radical (unpaired) electrons. The van der Waals surface area contributed by atoms with Gasteiger partial charge in [0.25, 0.3) is 0 Å². The number of benzene rings is 2. The fourth-order valence-electron chi connectivity index (χ4n) is 3.56. The van der Waals surface area contributed by atoms with E-state index in [0.717, 1.165) is 17.3 Å². The number of aliphatic carboxylic acids is 1. The Hall–Kier alpha value is -1.87. The van der Waals surface area contributed by atoms with Gasteiger partial charge in [0.2, 0.25) is 11.8 Å². The molecule has 2 aromatic carbocycles. The maximum Gasteiger partial charge on any atom is 0.322 e. The summed E-state index contributed by atoms with van der Waals surface area (Å²) in [4.78, 5) is 39.4. The fraction of sp³-hybridized carbons (Fsp3) is 0.286. The van der Waals surface area contributed by atoms with Gasteiger partial charge in [0.1, 0.15) is 16.2 Å². The molecule has 3 atom stereocenters. The number of carbonyl (C=O) groups is 3. The number of nitrogens with zero attached hydrogens (tertiary/aromatic N) is 1. The quantitative estimate of drug-likeness (QED) is 0.594. The predicted octanol–water partition coefficient (Wildman–Crippen LogP) is 3.55. The highest BCUT2D eigenvalue weighted by atomic mass is 35.5. The molecule has 2 aromatic rings. The van der Waals surface area contributed by atoms with Crippen molar-refractivity contribution in [3.8, 4) is 0 Å². The van der Waals surface area contributed by atoms with E-state index in [0.29, 0.717) is 14.9 Å². The van der Waals surface area contributed by atoms with Crippen LogP contribution in [0.4, 0.5) is 0 Å². The fourth-order valence-corrected chi connectivity index (χ4v) is 6.92. The SMILES string of the molecule is O=C(Cc1ccccc1)NC1C(=O)N2CC(Sc3cc(Cl)ccc3Cl)(C(=O)O)CS[C@H]12. The van der Waals surface area contributed by atoms with Crippen LogP contribution in [-0.4, -0.2) is 56.3 Å². The monoisotopic (exact) mass is 496 g/mol. The zero-order chi connectivity index (χ0) is 22.2. The molecule has 2 heterocycles. The van der Waals surface area contributed by atoms with E-state index in [1.807, 2.05) is 30.3 Å². The number of β-lactam (4-membered cyclic amide) rings is 1. The molecule has 0 spiro atoms. The highest BCUT2D eigenvalue weighted by molar-refractivity contribution is 8.05. The van der Waals surface area contributed by atoms with E-state index in [2.05, 4.69) is 5.32 Å². The van der Waals surface area contributed by atoms with Crippen molar-refractivity contribution in [1.82, 2.24) is 10.2 Å². The summed E-state index contributed by atoms with van der Waals surface area (Å²) in [6, 6.07) is 13.5. The Morgan fingerprint density at radius 1 is 1.23 bits per heavy atom. The zero-order valence-electron chi connectivity index (χ0n) is 16.1. The van der Waals surface area contributed by atoms with Crippen LogP contribution in [0.3, 0.4) is 0 Å². The number of rotatable bonds is 6. The van der Waals surface area contributed by atoms with Crippen LogP contribution in [0.2, 0.25) is 10.0 Å². The molecule has 31 heavy (non-hydrogen) atoms. The summed E-state index contributed by atoms with van der Waals surface area (Å²) >= 11 is 14.7. The summed E-state index contributed by atoms with van der Waals surface area (Å²) in [5.41, 5.74) is 0.861. The molecule has 2 aliphatic rings. The van der Waals surface area contributed by atoms with Crippen molar-refractivity contribution < 1.29 is 19.5 Å². The number of hydrogen-bond acceptors (Lipinski definition) is 5. The lowest BCUT2D eigenvalue weighted by molar-refractivity contribution is -0.152. The molecule has 10 heteroatoms. The van der Waals surface area contributed by atoms with Gasteiger partial charge in [-0.15, -0.1) is 23.5 Å². The van der Waals surface area contributed by atoms with Crippen molar-refractivity contribution in [2.75, 3.05) is 12.3 Å². The van der Waals surface area contributed by atoms with Crippen molar-refractivity contribution >= 4 is 64.5 Å². The molecule has 2 amide bonds. The summed E-state index contributed by atoms with van der Waals surface area (Å²) in [5.74, 6) is -1.28. The first-order valence-electron chi connectivity index (χ1n) is 9.42. The van der Waals surface area contributed by atoms with Crippen molar-refractivity contribution in [3.63, 3.8) is 0 Å². The number of fused-ring (bicyclic) bond motifs is 1. The van der Waals surface area contributed by atoms with Crippen LogP contribution in [0.25, 0.3) is 0 Å². The highest BCUT2D eigenvalue weighted by Gasteiger charge is 2.58. The Morgan fingerprint density at radius 3 is 2.68 bits per heavy atom. The van der Waals surface area contributed by atoms with E-state index in [4.69, 9.17) is 23.2 Å². The van der Waals surface area contributed by atoms with Gasteiger partial charge in [0.05, 0.1) is 11.4 Å². The minimum absolute atomic E-state index is 0.0252. The molecular formula is C21H18Cl2N2O4S2. The second-order valence-corrected chi connectivity index (χ2v) is 10.7. The number of halogens is 2. The van der Waals surface area contributed by atoms with Crippen molar-refractivity contribution in [2.24, 2.45) is 0 Å². The molecule has 6 nitrogen and oxygen atoms in total. The molecule has 2 aliphatic heterocycles. The lowest BCUT2D eigenvalue weighted by Crippen LogP contribution is -2.74. The molecule has 0 saturated carbocycles. The molecule has 162 valence electrons. The van der Waals surface area contributed by atoms with Gasteiger partial charge in [-0.3, -0.25) is 14.4 Å². The van der Waals surface area contributed by atoms with E-state index < -0.39 is 16.8 Å². The Bertz CT molecular complexity index is 1040. The maximum absolute atomic E-state index is 12.7. The van der Waals surface area contributed by atoms with Crippen LogP contribution >= 0.6 is 46.7 Å². The molecule has 0 aromatic heterocycles. The normalized spacial score (nSPS) is 24.8. The van der Waals surface area contributed by atoms with Crippen LogP contribution in [0.5, 0.6) is 0 Å². The van der Waals surface area contributed by atoms with E-state index in [-0.39, 0.29) is 35.9 Å². The summed E-state index contributed by atoms with van der Waals surface area (Å²) in [6.07, 6.45) is 0.185. The third-order valence-corrected chi connectivity index (χ3v) is 8.95. The van der Waals surface area contributed by atoms with Gasteiger partial charge in [-0.1, -0.05) is 53.5 Å². The number of hydrogen-bond donors (Lipinski definition) is 2. The molecule has 2 fully saturated rings. The largest absolute Gasteiger partial charge is 0.480 e. The van der Waals surface area contributed by atoms with E-state index in [9.17, 15) is 19.5 Å². The number of amides is 2. The van der Waals surface area contributed by atoms with Crippen LogP contribution in [0, 0.1) is 0 Å². The molecule has 4 rings (SSSR count). The summed E-state index contributed by atoms with van der Waals surface area (Å²) in [5, 5.41) is 13.4. The first-order chi connectivity index (χ1) is 14.8. The topological polar surface area (TPSA) is 86.7 Å². The molecule has 0 bridgehead atoms. The van der Waals surface area contributed by atoms with Gasteiger partial charge in [-0.2, -0.15) is 0 Å². The number of carboxylic acid groups (broad SMARTS) is 1. The molecule has 0 aliphatic carbocycles. The third kappa shape index (κ3) is 4.53. The third-order valence-electron chi connectivity index (χ3n) is 5.17. The summed E-state index contributed by atoms with van der Waals surface area (Å²) < 4.78 is -1.26. The van der Waals surface area contributed by atoms with Gasteiger partial charge in [-0.05, 0) is 23.8 Å². The average molecular weight is 497 g/mol. The minimum atomic E-state index is -1.26. The van der Waals surface area contributed by atoms with Crippen LogP contribution in [-0.2, 0) is 20.8 Å².